The Morgan fingerprint density at radius 2 is 2.20 bits per heavy atom. The van der Waals surface area contributed by atoms with Crippen LogP contribution in [0.5, 0.6) is 0 Å². The van der Waals surface area contributed by atoms with Crippen molar-refractivity contribution in [2.45, 2.75) is 18.1 Å². The monoisotopic (exact) mass is 228 g/mol. The Kier molecular flexibility index (Phi) is 2.00. The maximum absolute atomic E-state index is 11.7. The molecule has 0 radical (unpaired) electrons. The lowest BCUT2D eigenvalue weighted by molar-refractivity contribution is 0.415. The first-order valence-electron chi connectivity index (χ1n) is 5.46. The summed E-state index contributed by atoms with van der Waals surface area (Å²) in [6.07, 6.45) is 1.79. The van der Waals surface area contributed by atoms with Gasteiger partial charge in [-0.05, 0) is 25.5 Å². The van der Waals surface area contributed by atoms with E-state index in [0.29, 0.717) is 6.54 Å². The molecule has 0 spiro atoms. The summed E-state index contributed by atoms with van der Waals surface area (Å²) in [5.41, 5.74) is 2.90. The summed E-state index contributed by atoms with van der Waals surface area (Å²) in [5.74, 6) is 0.253. The summed E-state index contributed by atoms with van der Waals surface area (Å²) < 4.78 is 26.1. The van der Waals surface area contributed by atoms with Gasteiger partial charge in [0.05, 0.1) is 5.25 Å². The van der Waals surface area contributed by atoms with Gasteiger partial charge in [-0.25, -0.2) is 13.1 Å². The quantitative estimate of drug-likeness (QED) is 0.591. The molecule has 5 heteroatoms. The highest BCUT2D eigenvalue weighted by molar-refractivity contribution is 7.90. The summed E-state index contributed by atoms with van der Waals surface area (Å²) in [4.78, 5) is 2.28. The molecule has 0 bridgehead atoms. The van der Waals surface area contributed by atoms with Crippen LogP contribution in [0.3, 0.4) is 0 Å². The Morgan fingerprint density at radius 3 is 3.00 bits per heavy atom. The van der Waals surface area contributed by atoms with E-state index in [4.69, 9.17) is 0 Å². The molecule has 3 aliphatic rings. The number of rotatable bonds is 0. The van der Waals surface area contributed by atoms with E-state index >= 15 is 0 Å². The molecule has 84 valence electrons. The van der Waals surface area contributed by atoms with Gasteiger partial charge < -0.3 is 0 Å². The average molecular weight is 228 g/mol. The summed E-state index contributed by atoms with van der Waals surface area (Å²) >= 11 is 0. The average Bonchev–Trinajstić information content (AvgIpc) is 2.66. The highest BCUT2D eigenvalue weighted by atomic mass is 32.2. The van der Waals surface area contributed by atoms with Crippen LogP contribution in [0.4, 0.5) is 0 Å². The third-order valence-corrected chi connectivity index (χ3v) is 5.82. The number of nitrogens with zero attached hydrogens (tertiary/aromatic N) is 1. The summed E-state index contributed by atoms with van der Waals surface area (Å²) in [6.45, 7) is 2.63. The Bertz CT molecular complexity index is 427. The van der Waals surface area contributed by atoms with Gasteiger partial charge in [0.15, 0.2) is 0 Å². The zero-order valence-corrected chi connectivity index (χ0v) is 9.68. The molecule has 0 saturated carbocycles. The largest absolute Gasteiger partial charge is 0.298 e. The highest BCUT2D eigenvalue weighted by Gasteiger charge is 2.45. The van der Waals surface area contributed by atoms with Crippen molar-refractivity contribution in [1.82, 2.24) is 9.62 Å². The molecule has 0 aromatic carbocycles. The molecule has 2 heterocycles. The van der Waals surface area contributed by atoms with Crippen LogP contribution in [0.1, 0.15) is 12.8 Å². The van der Waals surface area contributed by atoms with Crippen LogP contribution < -0.4 is 4.72 Å². The van der Waals surface area contributed by atoms with E-state index in [9.17, 15) is 8.42 Å². The van der Waals surface area contributed by atoms with Gasteiger partial charge in [0.2, 0.25) is 10.0 Å². The van der Waals surface area contributed by atoms with Gasteiger partial charge in [0.1, 0.15) is 0 Å². The SMILES string of the molecule is CN1CC2=C(C1)[C@@H]1CNS(=O)(=O)[C@@H]1CC2. The van der Waals surface area contributed by atoms with Crippen LogP contribution in [0.2, 0.25) is 0 Å². The minimum atomic E-state index is -3.01. The molecule has 1 N–H and O–H groups in total. The molecular formula is C10H16N2O2S. The third-order valence-electron chi connectivity index (χ3n) is 3.89. The second-order valence-electron chi connectivity index (χ2n) is 4.88. The van der Waals surface area contributed by atoms with Crippen LogP contribution in [-0.2, 0) is 10.0 Å². The van der Waals surface area contributed by atoms with Gasteiger partial charge in [0.25, 0.3) is 0 Å². The van der Waals surface area contributed by atoms with E-state index in [2.05, 4.69) is 16.7 Å². The molecule has 3 rings (SSSR count). The Hall–Kier alpha value is -0.390. The standard InChI is InChI=1S/C10H16N2O2S/c1-12-5-7-2-3-10-8(9(7)6-12)4-11-15(10,13)14/h8,10-11H,2-6H2,1H3/t8-,10+/m0/s1. The number of nitrogens with one attached hydrogen (secondary N) is 1. The lowest BCUT2D eigenvalue weighted by Crippen LogP contribution is -2.29. The molecule has 1 fully saturated rings. The summed E-state index contributed by atoms with van der Waals surface area (Å²) in [5, 5.41) is -0.150. The number of fused-ring (bicyclic) bond motifs is 2. The van der Waals surface area contributed by atoms with Gasteiger partial charge in [-0.3, -0.25) is 4.90 Å². The maximum atomic E-state index is 11.7. The zero-order chi connectivity index (χ0) is 10.6. The molecule has 0 amide bonds. The number of likely N-dealkylation sites (N-methyl/N-ethyl adjacent to an activating group) is 1. The molecule has 1 aliphatic carbocycles. The van der Waals surface area contributed by atoms with Crippen molar-refractivity contribution in [2.75, 3.05) is 26.7 Å². The fourth-order valence-corrected chi connectivity index (χ4v) is 4.93. The van der Waals surface area contributed by atoms with Crippen molar-refractivity contribution in [2.24, 2.45) is 5.92 Å². The van der Waals surface area contributed by atoms with Crippen LogP contribution in [-0.4, -0.2) is 45.2 Å². The zero-order valence-electron chi connectivity index (χ0n) is 8.86. The van der Waals surface area contributed by atoms with Crippen molar-refractivity contribution in [1.29, 1.82) is 0 Å². The highest BCUT2D eigenvalue weighted by Crippen LogP contribution is 2.40. The molecule has 1 saturated heterocycles. The fourth-order valence-electron chi connectivity index (χ4n) is 3.19. The summed E-state index contributed by atoms with van der Waals surface area (Å²) in [7, 11) is -0.905. The van der Waals surface area contributed by atoms with Gasteiger partial charge >= 0.3 is 0 Å². The number of hydrogen-bond donors (Lipinski definition) is 1. The molecule has 0 aromatic rings. The first-order valence-corrected chi connectivity index (χ1v) is 7.00. The molecule has 0 unspecified atom stereocenters. The first kappa shape index (κ1) is 9.81. The molecular weight excluding hydrogens is 212 g/mol. The minimum Gasteiger partial charge on any atom is -0.298 e. The maximum Gasteiger partial charge on any atom is 0.215 e. The second-order valence-corrected chi connectivity index (χ2v) is 6.86. The summed E-state index contributed by atoms with van der Waals surface area (Å²) in [6, 6.07) is 0. The lowest BCUT2D eigenvalue weighted by Gasteiger charge is -2.24. The van der Waals surface area contributed by atoms with E-state index in [-0.39, 0.29) is 11.2 Å². The molecule has 2 aliphatic heterocycles. The molecule has 2 atom stereocenters. The van der Waals surface area contributed by atoms with Crippen molar-refractivity contribution < 1.29 is 8.42 Å². The van der Waals surface area contributed by atoms with E-state index in [1.165, 1.54) is 11.1 Å². The number of sulfonamides is 1. The molecule has 0 aromatic heterocycles. The Labute approximate surface area is 90.4 Å². The van der Waals surface area contributed by atoms with Crippen LogP contribution in [0.15, 0.2) is 11.1 Å². The third kappa shape index (κ3) is 1.37. The van der Waals surface area contributed by atoms with Gasteiger partial charge in [-0.2, -0.15) is 0 Å². The van der Waals surface area contributed by atoms with Crippen LogP contribution >= 0.6 is 0 Å². The second kappa shape index (κ2) is 3.06. The Balaban J connectivity index is 1.97. The normalized spacial score (nSPS) is 39.3. The van der Waals surface area contributed by atoms with Gasteiger partial charge in [-0.1, -0.05) is 5.57 Å². The van der Waals surface area contributed by atoms with Crippen LogP contribution in [0.25, 0.3) is 0 Å². The van der Waals surface area contributed by atoms with E-state index in [0.717, 1.165) is 25.9 Å². The van der Waals surface area contributed by atoms with Crippen LogP contribution in [0, 0.1) is 5.92 Å². The minimum absolute atomic E-state index is 0.150. The number of hydrogen-bond acceptors (Lipinski definition) is 3. The molecule has 15 heavy (non-hydrogen) atoms. The van der Waals surface area contributed by atoms with Crippen molar-refractivity contribution >= 4 is 10.0 Å². The lowest BCUT2D eigenvalue weighted by atomic mass is 9.84. The van der Waals surface area contributed by atoms with Crippen molar-refractivity contribution in [3.8, 4) is 0 Å². The molecule has 4 nitrogen and oxygen atoms in total. The van der Waals surface area contributed by atoms with E-state index in [1.807, 2.05) is 0 Å². The topological polar surface area (TPSA) is 49.4 Å². The van der Waals surface area contributed by atoms with Gasteiger partial charge in [0, 0.05) is 25.6 Å². The van der Waals surface area contributed by atoms with Crippen molar-refractivity contribution in [3.63, 3.8) is 0 Å². The predicted octanol–water partition coefficient (Wildman–Crippen LogP) is -0.0600. The predicted molar refractivity (Wildman–Crippen MR) is 58.0 cm³/mol. The fraction of sp³-hybridized carbons (Fsp3) is 0.800. The smallest absolute Gasteiger partial charge is 0.215 e. The van der Waals surface area contributed by atoms with E-state index < -0.39 is 10.0 Å². The van der Waals surface area contributed by atoms with Gasteiger partial charge in [-0.15, -0.1) is 0 Å². The van der Waals surface area contributed by atoms with E-state index in [1.54, 1.807) is 0 Å². The first-order chi connectivity index (χ1) is 7.08. The van der Waals surface area contributed by atoms with Crippen molar-refractivity contribution in [3.05, 3.63) is 11.1 Å². The Morgan fingerprint density at radius 1 is 1.40 bits per heavy atom.